The predicted octanol–water partition coefficient (Wildman–Crippen LogP) is 2.70. The van der Waals surface area contributed by atoms with E-state index in [0.717, 1.165) is 5.39 Å². The van der Waals surface area contributed by atoms with Crippen molar-refractivity contribution in [2.45, 2.75) is 17.4 Å². The maximum atomic E-state index is 12.6. The van der Waals surface area contributed by atoms with Crippen molar-refractivity contribution in [1.82, 2.24) is 10.3 Å². The first-order valence-corrected chi connectivity index (χ1v) is 10.1. The Morgan fingerprint density at radius 3 is 2.50 bits per heavy atom. The number of methoxy groups -OCH3 is 1. The van der Waals surface area contributed by atoms with E-state index in [-0.39, 0.29) is 17.9 Å². The number of carbonyl (C=O) groups excluding carboxylic acids is 2. The summed E-state index contributed by atoms with van der Waals surface area (Å²) in [6, 6.07) is 18.9. The molecule has 28 heavy (non-hydrogen) atoms. The largest absolute Gasteiger partial charge is 0.467 e. The van der Waals surface area contributed by atoms with Gasteiger partial charge in [-0.15, -0.1) is 0 Å². The Kier molecular flexibility index (Phi) is 6.49. The molecule has 0 aliphatic rings. The van der Waals surface area contributed by atoms with Crippen molar-refractivity contribution >= 4 is 33.6 Å². The molecule has 2 atom stereocenters. The normalized spacial score (nSPS) is 12.9. The monoisotopic (exact) mass is 396 g/mol. The van der Waals surface area contributed by atoms with Crippen LogP contribution in [0.5, 0.6) is 0 Å². The van der Waals surface area contributed by atoms with Crippen LogP contribution in [0.3, 0.4) is 0 Å². The van der Waals surface area contributed by atoms with Crippen molar-refractivity contribution in [2.24, 2.45) is 0 Å². The SMILES string of the molecule is COC(=O)[C@@H](CC[S@](=O)c1ccccc1)NC(=O)c1ccc2ccccc2n1. The molecule has 1 amide bonds. The average molecular weight is 396 g/mol. The Labute approximate surface area is 165 Å². The van der Waals surface area contributed by atoms with Crippen molar-refractivity contribution in [3.8, 4) is 0 Å². The van der Waals surface area contributed by atoms with Gasteiger partial charge in [0.2, 0.25) is 0 Å². The summed E-state index contributed by atoms with van der Waals surface area (Å²) < 4.78 is 17.2. The number of benzene rings is 2. The standard InChI is InChI=1S/C21H20N2O4S/c1-27-21(25)19(13-14-28(26)16-8-3-2-4-9-16)23-20(24)18-12-11-15-7-5-6-10-17(15)22-18/h2-12,19H,13-14H2,1H3,(H,23,24)/t19-,28+/m1/s1. The molecule has 1 N–H and O–H groups in total. The van der Waals surface area contributed by atoms with Crippen molar-refractivity contribution in [3.63, 3.8) is 0 Å². The van der Waals surface area contributed by atoms with Crippen LogP contribution in [-0.4, -0.2) is 40.0 Å². The molecule has 0 saturated heterocycles. The molecule has 1 aromatic heterocycles. The van der Waals surface area contributed by atoms with E-state index in [0.29, 0.717) is 10.4 Å². The van der Waals surface area contributed by atoms with Gasteiger partial charge in [0.25, 0.3) is 5.91 Å². The van der Waals surface area contributed by atoms with Crippen LogP contribution in [0.2, 0.25) is 0 Å². The zero-order valence-electron chi connectivity index (χ0n) is 15.3. The second kappa shape index (κ2) is 9.23. The number of ether oxygens (including phenoxy) is 1. The summed E-state index contributed by atoms with van der Waals surface area (Å²) in [6.45, 7) is 0. The van der Waals surface area contributed by atoms with Crippen LogP contribution in [-0.2, 0) is 20.3 Å². The zero-order chi connectivity index (χ0) is 19.9. The molecule has 2 aromatic carbocycles. The van der Waals surface area contributed by atoms with Gasteiger partial charge in [0.05, 0.1) is 23.4 Å². The number of amides is 1. The number of hydrogen-bond acceptors (Lipinski definition) is 5. The summed E-state index contributed by atoms with van der Waals surface area (Å²) in [6.07, 6.45) is 0.188. The Morgan fingerprint density at radius 1 is 1.04 bits per heavy atom. The second-order valence-corrected chi connectivity index (χ2v) is 7.66. The lowest BCUT2D eigenvalue weighted by Gasteiger charge is -2.16. The fraction of sp³-hybridized carbons (Fsp3) is 0.190. The van der Waals surface area contributed by atoms with Crippen LogP contribution in [0.25, 0.3) is 10.9 Å². The van der Waals surface area contributed by atoms with Gasteiger partial charge >= 0.3 is 5.97 Å². The molecule has 0 bridgehead atoms. The molecule has 0 aliphatic carbocycles. The second-order valence-electron chi connectivity index (χ2n) is 6.09. The molecule has 3 aromatic rings. The number of carbonyl (C=O) groups is 2. The van der Waals surface area contributed by atoms with Gasteiger partial charge in [-0.3, -0.25) is 9.00 Å². The van der Waals surface area contributed by atoms with Gasteiger partial charge in [0, 0.05) is 16.0 Å². The number of aromatic nitrogens is 1. The number of esters is 1. The van der Waals surface area contributed by atoms with E-state index in [2.05, 4.69) is 10.3 Å². The van der Waals surface area contributed by atoms with Crippen LogP contribution in [0.1, 0.15) is 16.9 Å². The topological polar surface area (TPSA) is 85.4 Å². The first-order chi connectivity index (χ1) is 13.6. The van der Waals surface area contributed by atoms with Crippen LogP contribution in [0, 0.1) is 0 Å². The van der Waals surface area contributed by atoms with Crippen LogP contribution >= 0.6 is 0 Å². The zero-order valence-corrected chi connectivity index (χ0v) is 16.1. The van der Waals surface area contributed by atoms with Gasteiger partial charge in [-0.1, -0.05) is 42.5 Å². The van der Waals surface area contributed by atoms with Gasteiger partial charge in [-0.2, -0.15) is 0 Å². The predicted molar refractivity (Wildman–Crippen MR) is 107 cm³/mol. The molecule has 0 unspecified atom stereocenters. The molecular weight excluding hydrogens is 376 g/mol. The van der Waals surface area contributed by atoms with E-state index >= 15 is 0 Å². The third-order valence-electron chi connectivity index (χ3n) is 4.22. The number of fused-ring (bicyclic) bond motifs is 1. The quantitative estimate of drug-likeness (QED) is 0.621. The number of nitrogens with one attached hydrogen (secondary N) is 1. The van der Waals surface area contributed by atoms with E-state index in [9.17, 15) is 13.8 Å². The van der Waals surface area contributed by atoms with Crippen LogP contribution < -0.4 is 5.32 Å². The summed E-state index contributed by atoms with van der Waals surface area (Å²) in [7, 11) is -0.0212. The van der Waals surface area contributed by atoms with E-state index in [1.165, 1.54) is 7.11 Å². The molecule has 0 radical (unpaired) electrons. The van der Waals surface area contributed by atoms with Crippen molar-refractivity contribution in [3.05, 3.63) is 72.4 Å². The number of rotatable bonds is 7. The van der Waals surface area contributed by atoms with E-state index < -0.39 is 28.7 Å². The molecule has 6 nitrogen and oxygen atoms in total. The smallest absolute Gasteiger partial charge is 0.328 e. The molecular formula is C21H20N2O4S. The molecule has 0 fully saturated rings. The molecule has 0 spiro atoms. The molecule has 1 heterocycles. The number of para-hydroxylation sites is 1. The van der Waals surface area contributed by atoms with Crippen LogP contribution in [0.4, 0.5) is 0 Å². The minimum atomic E-state index is -1.28. The maximum Gasteiger partial charge on any atom is 0.328 e. The van der Waals surface area contributed by atoms with Crippen molar-refractivity contribution in [2.75, 3.05) is 12.9 Å². The number of nitrogens with zero attached hydrogens (tertiary/aromatic N) is 1. The van der Waals surface area contributed by atoms with E-state index in [4.69, 9.17) is 4.74 Å². The first kappa shape index (κ1) is 19.7. The minimum absolute atomic E-state index is 0.188. The highest BCUT2D eigenvalue weighted by Gasteiger charge is 2.23. The molecule has 3 rings (SSSR count). The number of hydrogen-bond donors (Lipinski definition) is 1. The summed E-state index contributed by atoms with van der Waals surface area (Å²) in [5, 5.41) is 3.56. The first-order valence-electron chi connectivity index (χ1n) is 8.76. The highest BCUT2D eigenvalue weighted by molar-refractivity contribution is 7.85. The molecule has 144 valence electrons. The average Bonchev–Trinajstić information content (AvgIpc) is 2.75. The van der Waals surface area contributed by atoms with E-state index in [1.807, 2.05) is 30.3 Å². The van der Waals surface area contributed by atoms with Gasteiger partial charge in [-0.05, 0) is 30.7 Å². The Balaban J connectivity index is 1.69. The Bertz CT molecular complexity index is 1010. The van der Waals surface area contributed by atoms with Crippen LogP contribution in [0.15, 0.2) is 71.6 Å². The highest BCUT2D eigenvalue weighted by atomic mass is 32.2. The summed E-state index contributed by atoms with van der Waals surface area (Å²) in [5.41, 5.74) is 0.895. The maximum absolute atomic E-state index is 12.6. The lowest BCUT2D eigenvalue weighted by atomic mass is 10.2. The summed E-state index contributed by atoms with van der Waals surface area (Å²) >= 11 is 0. The Hall–Kier alpha value is -3.06. The highest BCUT2D eigenvalue weighted by Crippen LogP contribution is 2.13. The fourth-order valence-electron chi connectivity index (χ4n) is 2.73. The third kappa shape index (κ3) is 4.80. The van der Waals surface area contributed by atoms with E-state index in [1.54, 1.807) is 36.4 Å². The summed E-state index contributed by atoms with van der Waals surface area (Å²) in [4.78, 5) is 29.7. The van der Waals surface area contributed by atoms with Crippen molar-refractivity contribution < 1.29 is 18.5 Å². The van der Waals surface area contributed by atoms with Gasteiger partial charge in [-0.25, -0.2) is 9.78 Å². The lowest BCUT2D eigenvalue weighted by molar-refractivity contribution is -0.142. The lowest BCUT2D eigenvalue weighted by Crippen LogP contribution is -2.42. The Morgan fingerprint density at radius 2 is 1.75 bits per heavy atom. The summed E-state index contributed by atoms with van der Waals surface area (Å²) in [5.74, 6) is -0.847. The molecule has 7 heteroatoms. The molecule has 0 aliphatic heterocycles. The third-order valence-corrected chi connectivity index (χ3v) is 5.62. The minimum Gasteiger partial charge on any atom is -0.467 e. The van der Waals surface area contributed by atoms with Crippen molar-refractivity contribution in [1.29, 1.82) is 0 Å². The molecule has 0 saturated carbocycles. The van der Waals surface area contributed by atoms with Gasteiger partial charge in [0.15, 0.2) is 0 Å². The van der Waals surface area contributed by atoms with Gasteiger partial charge in [0.1, 0.15) is 11.7 Å². The number of pyridine rings is 1. The fourth-order valence-corrected chi connectivity index (χ4v) is 3.88. The van der Waals surface area contributed by atoms with Gasteiger partial charge < -0.3 is 10.1 Å².